The van der Waals surface area contributed by atoms with E-state index in [1.165, 1.54) is 4.31 Å². The zero-order valence-electron chi connectivity index (χ0n) is 20.2. The largest absolute Gasteiger partial charge is 0.490 e. The van der Waals surface area contributed by atoms with Gasteiger partial charge in [-0.3, -0.25) is 4.79 Å². The fourth-order valence-corrected chi connectivity index (χ4v) is 6.81. The summed E-state index contributed by atoms with van der Waals surface area (Å²) in [6.45, 7) is 5.01. The van der Waals surface area contributed by atoms with Gasteiger partial charge < -0.3 is 19.7 Å². The van der Waals surface area contributed by atoms with Crippen molar-refractivity contribution in [2.45, 2.75) is 56.7 Å². The maximum absolute atomic E-state index is 13.9. The molecule has 0 radical (unpaired) electrons. The first-order valence-electron chi connectivity index (χ1n) is 12.0. The second-order valence-electron chi connectivity index (χ2n) is 9.61. The fraction of sp³-hybridized carbons (Fsp3) is 0.423. The van der Waals surface area contributed by atoms with Gasteiger partial charge in [-0.15, -0.1) is 0 Å². The van der Waals surface area contributed by atoms with E-state index in [9.17, 15) is 18.3 Å². The molecule has 2 N–H and O–H groups in total. The van der Waals surface area contributed by atoms with Gasteiger partial charge >= 0.3 is 0 Å². The highest BCUT2D eigenvalue weighted by Gasteiger charge is 2.39. The van der Waals surface area contributed by atoms with Crippen LogP contribution >= 0.6 is 0 Å². The van der Waals surface area contributed by atoms with Gasteiger partial charge in [-0.2, -0.15) is 4.31 Å². The summed E-state index contributed by atoms with van der Waals surface area (Å²) in [6.07, 6.45) is 1.01. The zero-order chi connectivity index (χ0) is 24.9. The molecule has 9 heteroatoms. The lowest BCUT2D eigenvalue weighted by Crippen LogP contribution is -2.44. The number of hydrogen-bond acceptors (Lipinski definition) is 6. The molecule has 1 aliphatic carbocycles. The molecule has 2 aliphatic rings. The molecule has 0 spiro atoms. The van der Waals surface area contributed by atoms with E-state index < -0.39 is 22.2 Å². The first-order valence-corrected chi connectivity index (χ1v) is 13.4. The predicted molar refractivity (Wildman–Crippen MR) is 136 cm³/mol. The van der Waals surface area contributed by atoms with E-state index in [0.29, 0.717) is 30.8 Å². The number of aromatic amines is 1. The Labute approximate surface area is 205 Å². The molecule has 2 heterocycles. The van der Waals surface area contributed by atoms with Crippen molar-refractivity contribution < 1.29 is 18.3 Å². The van der Waals surface area contributed by atoms with Crippen molar-refractivity contribution in [2.24, 2.45) is 0 Å². The summed E-state index contributed by atoms with van der Waals surface area (Å²) in [7, 11) is -2.09. The van der Waals surface area contributed by atoms with Crippen LogP contribution in [0.4, 0.5) is 5.69 Å². The molecule has 0 bridgehead atoms. The molecule has 1 fully saturated rings. The van der Waals surface area contributed by atoms with Crippen LogP contribution in [0.2, 0.25) is 0 Å². The van der Waals surface area contributed by atoms with E-state index in [2.05, 4.69) is 4.98 Å². The summed E-state index contributed by atoms with van der Waals surface area (Å²) >= 11 is 0. The van der Waals surface area contributed by atoms with Crippen molar-refractivity contribution in [2.75, 3.05) is 25.1 Å². The average Bonchev–Trinajstić information content (AvgIpc) is 3.25. The van der Waals surface area contributed by atoms with Crippen molar-refractivity contribution >= 4 is 26.6 Å². The summed E-state index contributed by atoms with van der Waals surface area (Å²) < 4.78 is 34.9. The zero-order valence-corrected chi connectivity index (χ0v) is 21.1. The van der Waals surface area contributed by atoms with Gasteiger partial charge in [0.1, 0.15) is 12.4 Å². The molecule has 3 aromatic rings. The number of pyridine rings is 1. The van der Waals surface area contributed by atoms with Gasteiger partial charge in [-0.1, -0.05) is 12.1 Å². The third-order valence-corrected chi connectivity index (χ3v) is 9.27. The summed E-state index contributed by atoms with van der Waals surface area (Å²) in [5, 5.41) is 11.5. The number of nitrogens with zero attached hydrogens (tertiary/aromatic N) is 2. The molecule has 0 unspecified atom stereocenters. The Morgan fingerprint density at radius 3 is 2.71 bits per heavy atom. The van der Waals surface area contributed by atoms with Crippen LogP contribution in [0.3, 0.4) is 0 Å². The second kappa shape index (κ2) is 8.96. The first-order chi connectivity index (χ1) is 16.7. The van der Waals surface area contributed by atoms with Gasteiger partial charge in [0.2, 0.25) is 10.0 Å². The number of nitrogens with one attached hydrogen (secondary N) is 1. The van der Waals surface area contributed by atoms with Gasteiger partial charge in [-0.25, -0.2) is 8.42 Å². The molecule has 2 atom stereocenters. The number of aliphatic hydroxyl groups excluding tert-OH is 1. The number of anilines is 1. The Hall–Kier alpha value is -2.88. The lowest BCUT2D eigenvalue weighted by atomic mass is 10.0. The van der Waals surface area contributed by atoms with Crippen LogP contribution in [0.1, 0.15) is 36.0 Å². The summed E-state index contributed by atoms with van der Waals surface area (Å²) in [4.78, 5) is 18.1. The maximum Gasteiger partial charge on any atom is 0.252 e. The van der Waals surface area contributed by atoms with E-state index in [-0.39, 0.29) is 17.0 Å². The van der Waals surface area contributed by atoms with E-state index in [0.717, 1.165) is 40.7 Å². The molecule has 5 rings (SSSR count). The second-order valence-corrected chi connectivity index (χ2v) is 11.5. The smallest absolute Gasteiger partial charge is 0.252 e. The molecular weight excluding hydrogens is 466 g/mol. The van der Waals surface area contributed by atoms with Crippen molar-refractivity contribution in [3.05, 3.63) is 63.4 Å². The normalized spacial score (nSPS) is 20.3. The fourth-order valence-electron chi connectivity index (χ4n) is 5.13. The van der Waals surface area contributed by atoms with Crippen LogP contribution in [-0.2, 0) is 16.6 Å². The van der Waals surface area contributed by atoms with Crippen LogP contribution in [0.15, 0.2) is 46.1 Å². The molecule has 0 saturated heterocycles. The van der Waals surface area contributed by atoms with Gasteiger partial charge in [0.25, 0.3) is 5.56 Å². The minimum atomic E-state index is -4.03. The SMILES string of the molecule is Cc1ccc2cc(CN([C@H]3CCC[C@@H]3O)S(=O)(=O)c3ccc4c(c3)OCCN4C)c(=O)[nH]c2c1C. The number of fused-ring (bicyclic) bond motifs is 2. The number of ether oxygens (including phenoxy) is 1. The number of aliphatic hydroxyl groups is 1. The third kappa shape index (κ3) is 4.22. The van der Waals surface area contributed by atoms with E-state index in [4.69, 9.17) is 4.74 Å². The molecule has 2 aromatic carbocycles. The average molecular weight is 498 g/mol. The number of aryl methyl sites for hydroxylation is 2. The van der Waals surface area contributed by atoms with Crippen LogP contribution in [-0.4, -0.2) is 55.2 Å². The van der Waals surface area contributed by atoms with Crippen LogP contribution < -0.4 is 15.2 Å². The lowest BCUT2D eigenvalue weighted by Gasteiger charge is -2.31. The molecule has 1 aliphatic heterocycles. The number of sulfonamides is 1. The topological polar surface area (TPSA) is 103 Å². The van der Waals surface area contributed by atoms with Gasteiger partial charge in [0.05, 0.1) is 34.8 Å². The first kappa shape index (κ1) is 23.8. The summed E-state index contributed by atoms with van der Waals surface area (Å²) in [5.41, 5.74) is 3.66. The molecule has 1 saturated carbocycles. The molecule has 35 heavy (non-hydrogen) atoms. The molecule has 186 valence electrons. The minimum absolute atomic E-state index is 0.0920. The number of H-pyrrole nitrogens is 1. The van der Waals surface area contributed by atoms with Crippen molar-refractivity contribution in [1.29, 1.82) is 0 Å². The van der Waals surface area contributed by atoms with Crippen LogP contribution in [0, 0.1) is 13.8 Å². The molecule has 1 aromatic heterocycles. The number of rotatable bonds is 5. The quantitative estimate of drug-likeness (QED) is 0.562. The highest BCUT2D eigenvalue weighted by Crippen LogP contribution is 2.36. The summed E-state index contributed by atoms with van der Waals surface area (Å²) in [5.74, 6) is 0.515. The number of likely N-dealkylation sites (N-methyl/N-ethyl adjacent to an activating group) is 1. The third-order valence-electron chi connectivity index (χ3n) is 7.40. The number of aromatic nitrogens is 1. The van der Waals surface area contributed by atoms with Gasteiger partial charge in [0, 0.05) is 25.2 Å². The molecule has 8 nitrogen and oxygen atoms in total. The van der Waals surface area contributed by atoms with Gasteiger partial charge in [0.15, 0.2) is 0 Å². The van der Waals surface area contributed by atoms with Gasteiger partial charge in [-0.05, 0) is 67.8 Å². The maximum atomic E-state index is 13.9. The Balaban J connectivity index is 1.58. The molecular formula is C26H31N3O5S. The summed E-state index contributed by atoms with van der Waals surface area (Å²) in [6, 6.07) is 9.94. The van der Waals surface area contributed by atoms with Crippen LogP contribution in [0.5, 0.6) is 5.75 Å². The van der Waals surface area contributed by atoms with E-state index in [1.807, 2.05) is 37.9 Å². The van der Waals surface area contributed by atoms with Crippen molar-refractivity contribution in [3.8, 4) is 5.75 Å². The number of benzene rings is 2. The number of hydrogen-bond donors (Lipinski definition) is 2. The molecule has 0 amide bonds. The van der Waals surface area contributed by atoms with Crippen molar-refractivity contribution in [1.82, 2.24) is 9.29 Å². The van der Waals surface area contributed by atoms with E-state index >= 15 is 0 Å². The highest BCUT2D eigenvalue weighted by molar-refractivity contribution is 7.89. The highest BCUT2D eigenvalue weighted by atomic mass is 32.2. The Morgan fingerprint density at radius 2 is 1.97 bits per heavy atom. The minimum Gasteiger partial charge on any atom is -0.490 e. The Kier molecular flexibility index (Phi) is 6.11. The Bertz CT molecular complexity index is 1450. The standard InChI is InChI=1S/C26H31N3O5S/c1-16-7-8-18-13-19(26(31)27-25(18)17(16)2)15-29(21-5-4-6-23(21)30)35(32,33)20-9-10-22-24(14-20)34-12-11-28(22)3/h7-10,13-14,21,23,30H,4-6,11-12,15H2,1-3H3,(H,27,31)/t21-,23-/m0/s1. The van der Waals surface area contributed by atoms with E-state index in [1.54, 1.807) is 24.3 Å². The van der Waals surface area contributed by atoms with Crippen molar-refractivity contribution in [3.63, 3.8) is 0 Å². The lowest BCUT2D eigenvalue weighted by molar-refractivity contribution is 0.110. The van der Waals surface area contributed by atoms with Crippen LogP contribution in [0.25, 0.3) is 10.9 Å². The Morgan fingerprint density at radius 1 is 1.17 bits per heavy atom. The predicted octanol–water partition coefficient (Wildman–Crippen LogP) is 3.08. The monoisotopic (exact) mass is 497 g/mol.